The maximum Gasteiger partial charge on any atom is 0.211 e. The van der Waals surface area contributed by atoms with Crippen LogP contribution in [-0.2, 0) is 4.79 Å². The minimum Gasteiger partial charge on any atom is -0.595 e. The molecular weight excluding hydrogens is 206 g/mol. The van der Waals surface area contributed by atoms with Crippen LogP contribution in [0.3, 0.4) is 0 Å². The van der Waals surface area contributed by atoms with Crippen molar-refractivity contribution in [3.05, 3.63) is 41.5 Å². The number of pyridine rings is 1. The molecule has 0 aromatic carbocycles. The smallest absolute Gasteiger partial charge is 0.211 e. The second-order valence-electron chi connectivity index (χ2n) is 3.27. The van der Waals surface area contributed by atoms with Gasteiger partial charge in [-0.25, -0.2) is 0 Å². The second kappa shape index (κ2) is 5.75. The van der Waals surface area contributed by atoms with Gasteiger partial charge in [0, 0.05) is 12.3 Å². The fraction of sp³-hybridized carbons (Fsp3) is 0.273. The molecule has 0 amide bonds. The molecule has 0 saturated carbocycles. The first kappa shape index (κ1) is 12.0. The number of carbonyl (C=O) groups excluding carboxylic acids is 1. The molecule has 5 heteroatoms. The van der Waals surface area contributed by atoms with Gasteiger partial charge in [0.05, 0.1) is 5.69 Å². The number of carbonyl (C=O) groups is 1. The zero-order chi connectivity index (χ0) is 12.0. The molecule has 1 heterocycles. The van der Waals surface area contributed by atoms with Crippen LogP contribution < -0.4 is 0 Å². The lowest BCUT2D eigenvalue weighted by atomic mass is 10.3. The Kier molecular flexibility index (Phi) is 4.32. The van der Waals surface area contributed by atoms with Gasteiger partial charge in [0.15, 0.2) is 11.8 Å². The zero-order valence-electron chi connectivity index (χ0n) is 9.20. The molecular formula is C11H13N3O2. The summed E-state index contributed by atoms with van der Waals surface area (Å²) in [7, 11) is 0. The van der Waals surface area contributed by atoms with Gasteiger partial charge in [-0.15, -0.1) is 0 Å². The van der Waals surface area contributed by atoms with Crippen LogP contribution in [0.2, 0.25) is 0 Å². The minimum absolute atomic E-state index is 0.146. The standard InChI is InChI=1S/C11H13N3O2/c1-9(10(2)15)13-14(16)8-6-11-5-3-4-7-12-11/h3-9H,1-2H3/b8-6+,14-13?. The number of ketones is 1. The van der Waals surface area contributed by atoms with E-state index in [1.165, 1.54) is 19.2 Å². The first-order valence-corrected chi connectivity index (χ1v) is 4.86. The topological polar surface area (TPSA) is 68.4 Å². The van der Waals surface area contributed by atoms with Crippen LogP contribution >= 0.6 is 0 Å². The second-order valence-corrected chi connectivity index (χ2v) is 3.27. The van der Waals surface area contributed by atoms with Crippen LogP contribution in [0, 0.1) is 5.21 Å². The fourth-order valence-corrected chi connectivity index (χ4v) is 0.905. The highest BCUT2D eigenvalue weighted by Gasteiger charge is 2.08. The monoisotopic (exact) mass is 219 g/mol. The van der Waals surface area contributed by atoms with Crippen LogP contribution in [0.15, 0.2) is 35.7 Å². The minimum atomic E-state index is -0.620. The molecule has 0 aliphatic carbocycles. The van der Waals surface area contributed by atoms with Gasteiger partial charge >= 0.3 is 0 Å². The predicted molar refractivity (Wildman–Crippen MR) is 59.5 cm³/mol. The van der Waals surface area contributed by atoms with Gasteiger partial charge in [0.2, 0.25) is 6.20 Å². The highest BCUT2D eigenvalue weighted by molar-refractivity contribution is 5.80. The van der Waals surface area contributed by atoms with Crippen molar-refractivity contribution in [1.82, 2.24) is 4.98 Å². The number of hydrogen-bond donors (Lipinski definition) is 0. The van der Waals surface area contributed by atoms with Crippen molar-refractivity contribution in [2.24, 2.45) is 5.11 Å². The van der Waals surface area contributed by atoms with Gasteiger partial charge in [-0.05, 0) is 31.1 Å². The third-order valence-corrected chi connectivity index (χ3v) is 1.94. The Morgan fingerprint density at radius 3 is 2.94 bits per heavy atom. The van der Waals surface area contributed by atoms with E-state index >= 15 is 0 Å². The lowest BCUT2D eigenvalue weighted by Crippen LogP contribution is -2.12. The Labute approximate surface area is 93.7 Å². The van der Waals surface area contributed by atoms with Crippen molar-refractivity contribution in [2.75, 3.05) is 0 Å². The van der Waals surface area contributed by atoms with Crippen LogP contribution in [0.25, 0.3) is 6.08 Å². The summed E-state index contributed by atoms with van der Waals surface area (Å²) in [5.74, 6) is -0.146. The summed E-state index contributed by atoms with van der Waals surface area (Å²) in [5, 5.41) is 14.8. The summed E-state index contributed by atoms with van der Waals surface area (Å²) in [6, 6.07) is 4.75. The Morgan fingerprint density at radius 1 is 1.62 bits per heavy atom. The number of Topliss-reactive ketones (excluding diaryl/α,β-unsaturated/α-hetero) is 1. The average Bonchev–Trinajstić information content (AvgIpc) is 2.27. The Bertz CT molecular complexity index is 412. The van der Waals surface area contributed by atoms with Gasteiger partial charge in [-0.3, -0.25) is 9.78 Å². The van der Waals surface area contributed by atoms with E-state index in [0.717, 1.165) is 0 Å². The Balaban J connectivity index is 2.67. The van der Waals surface area contributed by atoms with E-state index in [4.69, 9.17) is 0 Å². The van der Waals surface area contributed by atoms with Gasteiger partial charge in [0.1, 0.15) is 0 Å². The van der Waals surface area contributed by atoms with Crippen molar-refractivity contribution >= 4 is 11.9 Å². The number of azo groups is 1. The number of aromatic nitrogens is 1. The van der Waals surface area contributed by atoms with Crippen molar-refractivity contribution in [1.29, 1.82) is 0 Å². The molecule has 5 nitrogen and oxygen atoms in total. The van der Waals surface area contributed by atoms with E-state index in [1.807, 2.05) is 6.07 Å². The van der Waals surface area contributed by atoms with Gasteiger partial charge in [-0.1, -0.05) is 10.9 Å². The quantitative estimate of drug-likeness (QED) is 0.441. The first-order chi connectivity index (χ1) is 7.59. The SMILES string of the molecule is CC(=O)C(C)N=[N+]([O-])/C=C/c1ccccn1. The molecule has 0 radical (unpaired) electrons. The van der Waals surface area contributed by atoms with Crippen molar-refractivity contribution in [2.45, 2.75) is 19.9 Å². The van der Waals surface area contributed by atoms with E-state index in [2.05, 4.69) is 10.1 Å². The molecule has 1 atom stereocenters. The van der Waals surface area contributed by atoms with Gasteiger partial charge < -0.3 is 5.21 Å². The number of hydroxylamine groups is 1. The van der Waals surface area contributed by atoms with E-state index in [-0.39, 0.29) is 5.78 Å². The van der Waals surface area contributed by atoms with Crippen molar-refractivity contribution in [3.8, 4) is 0 Å². The Morgan fingerprint density at radius 2 is 2.38 bits per heavy atom. The summed E-state index contributed by atoms with van der Waals surface area (Å²) in [5.41, 5.74) is 0.661. The maximum atomic E-state index is 11.2. The molecule has 0 aliphatic rings. The summed E-state index contributed by atoms with van der Waals surface area (Å²) in [6.07, 6.45) is 4.38. The summed E-state index contributed by atoms with van der Waals surface area (Å²) >= 11 is 0. The lowest BCUT2D eigenvalue weighted by Gasteiger charge is -1.98. The van der Waals surface area contributed by atoms with E-state index in [9.17, 15) is 10.0 Å². The third kappa shape index (κ3) is 4.00. The number of rotatable bonds is 4. The maximum absolute atomic E-state index is 11.2. The fourth-order valence-electron chi connectivity index (χ4n) is 0.905. The van der Waals surface area contributed by atoms with Crippen molar-refractivity contribution in [3.63, 3.8) is 0 Å². The summed E-state index contributed by atoms with van der Waals surface area (Å²) in [4.78, 5) is 15.2. The summed E-state index contributed by atoms with van der Waals surface area (Å²) in [6.45, 7) is 2.96. The predicted octanol–water partition coefficient (Wildman–Crippen LogP) is 1.99. The average molecular weight is 219 g/mol. The molecule has 16 heavy (non-hydrogen) atoms. The molecule has 0 aliphatic heterocycles. The molecule has 0 fully saturated rings. The van der Waals surface area contributed by atoms with E-state index < -0.39 is 6.04 Å². The molecule has 1 rings (SSSR count). The molecule has 0 N–H and O–H groups in total. The molecule has 0 saturated heterocycles. The highest BCUT2D eigenvalue weighted by atomic mass is 16.5. The number of hydrogen-bond acceptors (Lipinski definition) is 4. The largest absolute Gasteiger partial charge is 0.595 e. The van der Waals surface area contributed by atoms with Crippen molar-refractivity contribution < 1.29 is 9.66 Å². The van der Waals surface area contributed by atoms with Crippen LogP contribution in [0.4, 0.5) is 0 Å². The molecule has 1 unspecified atom stereocenters. The molecule has 1 aromatic heterocycles. The van der Waals surface area contributed by atoms with Crippen LogP contribution in [0.5, 0.6) is 0 Å². The molecule has 0 spiro atoms. The molecule has 1 aromatic rings. The highest BCUT2D eigenvalue weighted by Crippen LogP contribution is 1.98. The van der Waals surface area contributed by atoms with Crippen LogP contribution in [0.1, 0.15) is 19.5 Å². The van der Waals surface area contributed by atoms with Crippen LogP contribution in [-0.4, -0.2) is 21.7 Å². The zero-order valence-corrected chi connectivity index (χ0v) is 9.20. The molecule has 0 bridgehead atoms. The first-order valence-electron chi connectivity index (χ1n) is 4.86. The van der Waals surface area contributed by atoms with E-state index in [0.29, 0.717) is 10.6 Å². The number of nitrogens with zero attached hydrogens (tertiary/aromatic N) is 3. The lowest BCUT2D eigenvalue weighted by molar-refractivity contribution is -0.459. The van der Waals surface area contributed by atoms with Gasteiger partial charge in [-0.2, -0.15) is 0 Å². The molecule has 84 valence electrons. The van der Waals surface area contributed by atoms with E-state index in [1.54, 1.807) is 25.3 Å². The third-order valence-electron chi connectivity index (χ3n) is 1.94. The van der Waals surface area contributed by atoms with Gasteiger partial charge in [0.25, 0.3) is 0 Å². The normalized spacial score (nSPS) is 14.0. The summed E-state index contributed by atoms with van der Waals surface area (Å²) < 4.78 is 0. The Hall–Kier alpha value is -2.04.